The van der Waals surface area contributed by atoms with Crippen LogP contribution in [0.4, 0.5) is 0 Å². The van der Waals surface area contributed by atoms with Gasteiger partial charge in [0.1, 0.15) is 6.04 Å². The molecule has 5 nitrogen and oxygen atoms in total. The highest BCUT2D eigenvalue weighted by Crippen LogP contribution is 2.33. The van der Waals surface area contributed by atoms with Gasteiger partial charge in [-0.25, -0.2) is 0 Å². The van der Waals surface area contributed by atoms with Gasteiger partial charge in [-0.2, -0.15) is 0 Å². The summed E-state index contributed by atoms with van der Waals surface area (Å²) in [6, 6.07) is 17.4. The van der Waals surface area contributed by atoms with Gasteiger partial charge in [0.05, 0.1) is 0 Å². The van der Waals surface area contributed by atoms with E-state index in [4.69, 9.17) is 0 Å². The van der Waals surface area contributed by atoms with Crippen molar-refractivity contribution in [3.8, 4) is 0 Å². The molecule has 1 saturated heterocycles. The average Bonchev–Trinajstić information content (AvgIpc) is 3.16. The first-order chi connectivity index (χ1) is 16.5. The van der Waals surface area contributed by atoms with Gasteiger partial charge in [0.25, 0.3) is 5.91 Å². The predicted octanol–water partition coefficient (Wildman–Crippen LogP) is 4.89. The summed E-state index contributed by atoms with van der Waals surface area (Å²) in [6.07, 6.45) is 7.38. The molecule has 2 heterocycles. The first-order valence-electron chi connectivity index (χ1n) is 12.7. The van der Waals surface area contributed by atoms with Crippen LogP contribution < -0.4 is 10.6 Å². The van der Waals surface area contributed by atoms with Crippen LogP contribution in [0.25, 0.3) is 0 Å². The molecule has 0 radical (unpaired) electrons. The maximum absolute atomic E-state index is 13.0. The molecule has 2 N–H and O–H groups in total. The van der Waals surface area contributed by atoms with Crippen molar-refractivity contribution in [1.29, 1.82) is 0 Å². The van der Waals surface area contributed by atoms with Crippen molar-refractivity contribution < 1.29 is 9.59 Å². The lowest BCUT2D eigenvalue weighted by atomic mass is 9.80. The molecule has 3 aliphatic rings. The van der Waals surface area contributed by atoms with Crippen LogP contribution in [0.15, 0.2) is 60.8 Å². The van der Waals surface area contributed by atoms with Crippen molar-refractivity contribution in [3.63, 3.8) is 0 Å². The first kappa shape index (κ1) is 22.9. The van der Waals surface area contributed by atoms with Gasteiger partial charge in [0, 0.05) is 29.9 Å². The molecule has 2 aliphatic heterocycles. The molecule has 2 aromatic carbocycles. The van der Waals surface area contributed by atoms with Gasteiger partial charge in [0.15, 0.2) is 0 Å². The Morgan fingerprint density at radius 3 is 2.68 bits per heavy atom. The molecular weight excluding hydrogens is 422 g/mol. The molecule has 0 bridgehead atoms. The average molecular weight is 458 g/mol. The number of rotatable bonds is 6. The van der Waals surface area contributed by atoms with Gasteiger partial charge < -0.3 is 15.5 Å². The van der Waals surface area contributed by atoms with Crippen LogP contribution >= 0.6 is 0 Å². The minimum atomic E-state index is -0.403. The number of hydrogen-bond acceptors (Lipinski definition) is 3. The largest absolute Gasteiger partial charge is 0.329 e. The van der Waals surface area contributed by atoms with Gasteiger partial charge >= 0.3 is 0 Å². The van der Waals surface area contributed by atoms with Gasteiger partial charge in [-0.05, 0) is 67.7 Å². The first-order valence-corrected chi connectivity index (χ1v) is 12.7. The van der Waals surface area contributed by atoms with Crippen LogP contribution in [-0.4, -0.2) is 28.8 Å². The van der Waals surface area contributed by atoms with Crippen LogP contribution in [0.3, 0.4) is 0 Å². The van der Waals surface area contributed by atoms with E-state index in [2.05, 4.69) is 66.6 Å². The fraction of sp³-hybridized carbons (Fsp3) is 0.448. The summed E-state index contributed by atoms with van der Waals surface area (Å²) >= 11 is 0. The summed E-state index contributed by atoms with van der Waals surface area (Å²) < 4.78 is 0. The van der Waals surface area contributed by atoms with Crippen molar-refractivity contribution in [3.05, 3.63) is 83.1 Å². The Bertz CT molecular complexity index is 1080. The highest BCUT2D eigenvalue weighted by Gasteiger charge is 2.38. The molecule has 178 valence electrons. The van der Waals surface area contributed by atoms with E-state index in [0.29, 0.717) is 31.0 Å². The Kier molecular flexibility index (Phi) is 6.55. The third kappa shape index (κ3) is 4.67. The van der Waals surface area contributed by atoms with Gasteiger partial charge in [-0.3, -0.25) is 9.59 Å². The van der Waals surface area contributed by atoms with Crippen LogP contribution in [-0.2, 0) is 17.8 Å². The lowest BCUT2D eigenvalue weighted by Gasteiger charge is -2.35. The van der Waals surface area contributed by atoms with E-state index in [1.165, 1.54) is 36.8 Å². The van der Waals surface area contributed by atoms with E-state index in [0.717, 1.165) is 29.7 Å². The second-order valence-electron chi connectivity index (χ2n) is 10.2. The molecule has 2 amide bonds. The molecule has 0 spiro atoms. The number of carbonyl (C=O) groups is 2. The highest BCUT2D eigenvalue weighted by atomic mass is 16.2. The summed E-state index contributed by atoms with van der Waals surface area (Å²) in [5.41, 5.74) is 5.17. The van der Waals surface area contributed by atoms with E-state index in [-0.39, 0.29) is 11.8 Å². The summed E-state index contributed by atoms with van der Waals surface area (Å²) in [6.45, 7) is 6.63. The number of hydrogen-bond donors (Lipinski definition) is 2. The Hall–Kier alpha value is -2.92. The minimum absolute atomic E-state index is 0.0249. The molecule has 34 heavy (non-hydrogen) atoms. The number of allylic oxidation sites excluding steroid dienone is 1. The van der Waals surface area contributed by atoms with E-state index in [9.17, 15) is 9.59 Å². The second kappa shape index (κ2) is 9.75. The number of nitrogens with one attached hydrogen (secondary N) is 2. The van der Waals surface area contributed by atoms with Crippen LogP contribution in [0.1, 0.15) is 78.5 Å². The third-order valence-electron chi connectivity index (χ3n) is 7.87. The fourth-order valence-electron chi connectivity index (χ4n) is 5.97. The van der Waals surface area contributed by atoms with Crippen molar-refractivity contribution in [2.45, 2.75) is 76.5 Å². The molecule has 0 aromatic heterocycles. The monoisotopic (exact) mass is 457 g/mol. The van der Waals surface area contributed by atoms with Crippen molar-refractivity contribution in [1.82, 2.24) is 15.5 Å². The molecular formula is C29H35N3O2. The highest BCUT2D eigenvalue weighted by molar-refractivity contribution is 6.01. The number of amides is 2. The zero-order valence-corrected chi connectivity index (χ0v) is 20.1. The van der Waals surface area contributed by atoms with Crippen LogP contribution in [0, 0.1) is 5.92 Å². The molecule has 5 rings (SSSR count). The minimum Gasteiger partial charge on any atom is -0.329 e. The number of fused-ring (bicyclic) bond motifs is 1. The van der Waals surface area contributed by atoms with E-state index >= 15 is 0 Å². The topological polar surface area (TPSA) is 61.4 Å². The quantitative estimate of drug-likeness (QED) is 0.650. The van der Waals surface area contributed by atoms with E-state index < -0.39 is 6.04 Å². The Morgan fingerprint density at radius 1 is 1.09 bits per heavy atom. The Morgan fingerprint density at radius 2 is 1.88 bits per heavy atom. The number of piperidine rings is 1. The summed E-state index contributed by atoms with van der Waals surface area (Å²) in [5, 5.41) is 6.73. The summed E-state index contributed by atoms with van der Waals surface area (Å²) in [5.74, 6) is 0.450. The molecule has 1 saturated carbocycles. The lowest BCUT2D eigenvalue weighted by Crippen LogP contribution is -2.49. The van der Waals surface area contributed by atoms with Crippen molar-refractivity contribution >= 4 is 11.8 Å². The summed E-state index contributed by atoms with van der Waals surface area (Å²) in [7, 11) is 0. The molecule has 2 aromatic rings. The molecule has 1 unspecified atom stereocenters. The Balaban J connectivity index is 1.27. The van der Waals surface area contributed by atoms with Gasteiger partial charge in [0.2, 0.25) is 5.91 Å². The lowest BCUT2D eigenvalue weighted by molar-refractivity contribution is -0.126. The third-order valence-corrected chi connectivity index (χ3v) is 7.87. The molecule has 1 aliphatic carbocycles. The number of benzene rings is 2. The smallest absolute Gasteiger partial charge is 0.255 e. The fourth-order valence-corrected chi connectivity index (χ4v) is 5.97. The number of carbonyl (C=O) groups excluding carboxylic acids is 2. The SMILES string of the molecule is C=C1CCC(N2Cc3cc(C[C@H]4CCCC[C@@H]4N[C@H](C)c4ccccc4)ccc3C2=O)C(=O)N1. The van der Waals surface area contributed by atoms with Crippen LogP contribution in [0.2, 0.25) is 0 Å². The second-order valence-corrected chi connectivity index (χ2v) is 10.2. The zero-order chi connectivity index (χ0) is 23.7. The maximum Gasteiger partial charge on any atom is 0.255 e. The Labute approximate surface area is 202 Å². The van der Waals surface area contributed by atoms with E-state index in [1.807, 2.05) is 6.07 Å². The summed E-state index contributed by atoms with van der Waals surface area (Å²) in [4.78, 5) is 27.3. The van der Waals surface area contributed by atoms with Crippen molar-refractivity contribution in [2.24, 2.45) is 5.92 Å². The molecule has 4 atom stereocenters. The van der Waals surface area contributed by atoms with Crippen molar-refractivity contribution in [2.75, 3.05) is 0 Å². The van der Waals surface area contributed by atoms with Gasteiger partial charge in [-0.15, -0.1) is 0 Å². The zero-order valence-electron chi connectivity index (χ0n) is 20.1. The maximum atomic E-state index is 13.0. The number of nitrogens with zero attached hydrogens (tertiary/aromatic N) is 1. The van der Waals surface area contributed by atoms with Crippen LogP contribution in [0.5, 0.6) is 0 Å². The van der Waals surface area contributed by atoms with Gasteiger partial charge in [-0.1, -0.05) is 61.9 Å². The normalized spacial score (nSPS) is 25.7. The standard InChI is InChI=1S/C29H35N3O2/c1-19-12-15-27(28(33)30-19)32-18-24-17-21(13-14-25(24)29(32)34)16-23-10-6-7-11-26(23)31-20(2)22-8-4-3-5-9-22/h3-5,8-9,13-14,17,20,23,26-27,31H,1,6-7,10-12,15-16,18H2,2H3,(H,30,33)/t20-,23-,26+,27?/m1/s1. The predicted molar refractivity (Wildman–Crippen MR) is 134 cm³/mol. The van der Waals surface area contributed by atoms with E-state index in [1.54, 1.807) is 4.90 Å². The molecule has 2 fully saturated rings. The molecule has 5 heteroatoms.